The second kappa shape index (κ2) is 6.23. The summed E-state index contributed by atoms with van der Waals surface area (Å²) >= 11 is 1.70. The number of benzene rings is 1. The molecule has 1 atom stereocenters. The number of nitrogens with zero attached hydrogens (tertiary/aromatic N) is 4. The van der Waals surface area contributed by atoms with E-state index in [-0.39, 0.29) is 0 Å². The Balaban J connectivity index is 1.59. The molecule has 3 aromatic heterocycles. The van der Waals surface area contributed by atoms with E-state index >= 15 is 0 Å². The number of hydrogen-bond acceptors (Lipinski definition) is 5. The van der Waals surface area contributed by atoms with Crippen LogP contribution in [0.15, 0.2) is 30.6 Å². The molecule has 138 valence electrons. The second-order valence-electron chi connectivity index (χ2n) is 6.73. The summed E-state index contributed by atoms with van der Waals surface area (Å²) in [7, 11) is 0. The van der Waals surface area contributed by atoms with Crippen molar-refractivity contribution in [2.24, 2.45) is 0 Å². The Morgan fingerprint density at radius 3 is 2.89 bits per heavy atom. The van der Waals surface area contributed by atoms with Crippen molar-refractivity contribution in [1.29, 1.82) is 0 Å². The molecule has 1 aliphatic rings. The van der Waals surface area contributed by atoms with Gasteiger partial charge in [0.1, 0.15) is 22.8 Å². The van der Waals surface area contributed by atoms with Crippen LogP contribution in [0.4, 0.5) is 14.6 Å². The van der Waals surface area contributed by atoms with E-state index in [1.165, 1.54) is 16.8 Å². The van der Waals surface area contributed by atoms with Gasteiger partial charge >= 0.3 is 6.55 Å². The number of imidazole rings is 1. The molecule has 0 aliphatic heterocycles. The van der Waals surface area contributed by atoms with Crippen molar-refractivity contribution < 1.29 is 8.78 Å². The van der Waals surface area contributed by atoms with E-state index in [1.807, 2.05) is 6.92 Å². The molecule has 0 amide bonds. The van der Waals surface area contributed by atoms with Crippen LogP contribution in [0.25, 0.3) is 21.3 Å². The zero-order valence-electron chi connectivity index (χ0n) is 14.6. The predicted molar refractivity (Wildman–Crippen MR) is 102 cm³/mol. The molecule has 0 spiro atoms. The van der Waals surface area contributed by atoms with Crippen LogP contribution in [0.5, 0.6) is 0 Å². The Labute approximate surface area is 158 Å². The van der Waals surface area contributed by atoms with Gasteiger partial charge in [-0.15, -0.1) is 11.3 Å². The van der Waals surface area contributed by atoms with Crippen molar-refractivity contribution in [3.8, 4) is 0 Å². The van der Waals surface area contributed by atoms with E-state index < -0.39 is 12.6 Å². The Hall–Kier alpha value is -2.61. The summed E-state index contributed by atoms with van der Waals surface area (Å²) in [5, 5.41) is 4.34. The monoisotopic (exact) mass is 385 g/mol. The average molecular weight is 385 g/mol. The van der Waals surface area contributed by atoms with Crippen molar-refractivity contribution in [1.82, 2.24) is 19.5 Å². The number of thiophene rings is 1. The van der Waals surface area contributed by atoms with Crippen LogP contribution in [-0.2, 0) is 12.8 Å². The highest BCUT2D eigenvalue weighted by Gasteiger charge is 2.25. The van der Waals surface area contributed by atoms with Crippen LogP contribution in [0, 0.1) is 0 Å². The van der Waals surface area contributed by atoms with E-state index in [1.54, 1.807) is 35.6 Å². The van der Waals surface area contributed by atoms with Gasteiger partial charge in [0.15, 0.2) is 0 Å². The lowest BCUT2D eigenvalue weighted by Crippen LogP contribution is -2.15. The molecule has 0 unspecified atom stereocenters. The molecule has 0 saturated heterocycles. The lowest BCUT2D eigenvalue weighted by Gasteiger charge is -2.17. The normalized spacial score (nSPS) is 15.0. The molecule has 1 aliphatic carbocycles. The van der Waals surface area contributed by atoms with Crippen LogP contribution in [0.1, 0.15) is 42.2 Å². The van der Waals surface area contributed by atoms with Gasteiger partial charge in [-0.1, -0.05) is 12.1 Å². The summed E-state index contributed by atoms with van der Waals surface area (Å²) in [6.07, 6.45) is 4.76. The van der Waals surface area contributed by atoms with Gasteiger partial charge in [-0.2, -0.15) is 8.78 Å². The second-order valence-corrected chi connectivity index (χ2v) is 7.82. The third-order valence-corrected chi connectivity index (χ3v) is 6.26. The number of aromatic nitrogens is 4. The highest BCUT2D eigenvalue weighted by atomic mass is 32.1. The summed E-state index contributed by atoms with van der Waals surface area (Å²) in [4.78, 5) is 15.6. The molecule has 1 N–H and O–H groups in total. The number of nitrogens with one attached hydrogen (secondary N) is 1. The number of rotatable bonds is 4. The van der Waals surface area contributed by atoms with Gasteiger partial charge in [0.25, 0.3) is 0 Å². The molecule has 8 heteroatoms. The topological polar surface area (TPSA) is 55.6 Å². The van der Waals surface area contributed by atoms with Crippen molar-refractivity contribution in [3.63, 3.8) is 0 Å². The first-order valence-electron chi connectivity index (χ1n) is 8.90. The smallest absolute Gasteiger partial charge is 0.320 e. The minimum Gasteiger partial charge on any atom is -0.360 e. The summed E-state index contributed by atoms with van der Waals surface area (Å²) in [5.41, 5.74) is 2.29. The summed E-state index contributed by atoms with van der Waals surface area (Å²) in [5.74, 6) is 0.990. The van der Waals surface area contributed by atoms with Gasteiger partial charge in [0.2, 0.25) is 0 Å². The van der Waals surface area contributed by atoms with Crippen molar-refractivity contribution >= 4 is 38.4 Å². The molecule has 0 fully saturated rings. The van der Waals surface area contributed by atoms with Crippen LogP contribution in [0.2, 0.25) is 0 Å². The number of anilines is 1. The van der Waals surface area contributed by atoms with Crippen LogP contribution in [0.3, 0.4) is 0 Å². The largest absolute Gasteiger partial charge is 0.360 e. The van der Waals surface area contributed by atoms with Crippen LogP contribution < -0.4 is 5.32 Å². The summed E-state index contributed by atoms with van der Waals surface area (Å²) < 4.78 is 28.5. The number of halogens is 2. The maximum Gasteiger partial charge on any atom is 0.320 e. The van der Waals surface area contributed by atoms with Gasteiger partial charge < -0.3 is 5.32 Å². The fraction of sp³-hybridized carbons (Fsp3) is 0.316. The zero-order chi connectivity index (χ0) is 18.5. The third-order valence-electron chi connectivity index (χ3n) is 5.06. The molecule has 0 bridgehead atoms. The first-order valence-corrected chi connectivity index (χ1v) is 9.72. The van der Waals surface area contributed by atoms with E-state index in [4.69, 9.17) is 0 Å². The number of fused-ring (bicyclic) bond motifs is 4. The summed E-state index contributed by atoms with van der Waals surface area (Å²) in [6.45, 7) is -0.826. The standard InChI is InChI=1S/C19H17F2N5S/c1-10(17-25-12-6-2-3-7-13(12)26(17)19(20)21)24-16-15-11-5-4-8-14(11)27-18(15)23-9-22-16/h2-3,6-7,9-10,19H,4-5,8H2,1H3,(H,22,23,24)/t10-/m1/s1. The minimum absolute atomic E-state index is 0.296. The molecule has 1 aromatic carbocycles. The minimum atomic E-state index is -2.66. The average Bonchev–Trinajstić information content (AvgIpc) is 3.33. The molecular weight excluding hydrogens is 368 g/mol. The first-order chi connectivity index (χ1) is 13.1. The van der Waals surface area contributed by atoms with E-state index in [0.717, 1.165) is 34.0 Å². The van der Waals surface area contributed by atoms with Gasteiger partial charge in [-0.05, 0) is 43.9 Å². The Morgan fingerprint density at radius 2 is 2.04 bits per heavy atom. The lowest BCUT2D eigenvalue weighted by molar-refractivity contribution is 0.0708. The zero-order valence-corrected chi connectivity index (χ0v) is 15.4. The molecule has 5 rings (SSSR count). The van der Waals surface area contributed by atoms with Gasteiger partial charge in [0.05, 0.1) is 22.5 Å². The lowest BCUT2D eigenvalue weighted by atomic mass is 10.2. The van der Waals surface area contributed by atoms with E-state index in [9.17, 15) is 8.78 Å². The molecule has 27 heavy (non-hydrogen) atoms. The Bertz CT molecular complexity index is 1150. The van der Waals surface area contributed by atoms with Gasteiger partial charge in [0, 0.05) is 4.88 Å². The Morgan fingerprint density at radius 1 is 1.19 bits per heavy atom. The molecule has 0 saturated carbocycles. The van der Waals surface area contributed by atoms with Crippen molar-refractivity contribution in [3.05, 3.63) is 46.9 Å². The third kappa shape index (κ3) is 2.58. The Kier molecular flexibility index (Phi) is 3.82. The van der Waals surface area contributed by atoms with Gasteiger partial charge in [-0.3, -0.25) is 4.57 Å². The highest BCUT2D eigenvalue weighted by Crippen LogP contribution is 2.40. The van der Waals surface area contributed by atoms with Gasteiger partial charge in [-0.25, -0.2) is 15.0 Å². The number of aryl methyl sites for hydroxylation is 2. The fourth-order valence-electron chi connectivity index (χ4n) is 3.88. The molecular formula is C19H17F2N5S. The number of alkyl halides is 2. The van der Waals surface area contributed by atoms with Crippen LogP contribution >= 0.6 is 11.3 Å². The van der Waals surface area contributed by atoms with Crippen LogP contribution in [-0.4, -0.2) is 19.5 Å². The molecule has 5 nitrogen and oxygen atoms in total. The maximum atomic E-state index is 13.7. The highest BCUT2D eigenvalue weighted by molar-refractivity contribution is 7.19. The molecule has 3 heterocycles. The van der Waals surface area contributed by atoms with Crippen molar-refractivity contribution in [2.45, 2.75) is 38.8 Å². The number of para-hydroxylation sites is 2. The first kappa shape index (κ1) is 16.6. The quantitative estimate of drug-likeness (QED) is 0.531. The SMILES string of the molecule is C[C@@H](Nc1ncnc2sc3c(c12)CCC3)c1nc2ccccc2n1C(F)F. The fourth-order valence-corrected chi connectivity index (χ4v) is 5.11. The van der Waals surface area contributed by atoms with E-state index in [0.29, 0.717) is 22.7 Å². The maximum absolute atomic E-state index is 13.7. The predicted octanol–water partition coefficient (Wildman–Crippen LogP) is 5.10. The molecule has 0 radical (unpaired) electrons. The van der Waals surface area contributed by atoms with E-state index in [2.05, 4.69) is 20.3 Å². The van der Waals surface area contributed by atoms with Crippen molar-refractivity contribution in [2.75, 3.05) is 5.32 Å². The number of hydrogen-bond donors (Lipinski definition) is 1. The summed E-state index contributed by atoms with van der Waals surface area (Å²) in [6, 6.07) is 6.53. The molecule has 4 aromatic rings.